The topological polar surface area (TPSA) is 70.7 Å². The first-order valence-electron chi connectivity index (χ1n) is 8.07. The van der Waals surface area contributed by atoms with Gasteiger partial charge in [-0.1, -0.05) is 18.2 Å². The molecule has 0 spiro atoms. The van der Waals surface area contributed by atoms with Gasteiger partial charge in [-0.15, -0.1) is 11.8 Å². The minimum atomic E-state index is -0.196. The molecule has 2 N–H and O–H groups in total. The summed E-state index contributed by atoms with van der Waals surface area (Å²) in [6.45, 7) is 0.225. The number of thioether (sulfide) groups is 1. The fourth-order valence-corrected chi connectivity index (χ4v) is 2.94. The number of carbonyl (C=O) groups is 2. The summed E-state index contributed by atoms with van der Waals surface area (Å²) in [7, 11) is 3.30. The van der Waals surface area contributed by atoms with E-state index in [1.165, 1.54) is 0 Å². The van der Waals surface area contributed by atoms with Crippen LogP contribution in [0.4, 0.5) is 11.4 Å². The average molecular weight is 373 g/mol. The molecule has 0 heterocycles. The van der Waals surface area contributed by atoms with Gasteiger partial charge in [0.1, 0.15) is 5.75 Å². The first-order valence-corrected chi connectivity index (χ1v) is 9.29. The van der Waals surface area contributed by atoms with Crippen molar-refractivity contribution in [2.75, 3.05) is 44.1 Å². The Morgan fingerprint density at radius 1 is 1.04 bits per heavy atom. The maximum absolute atomic E-state index is 12.2. The summed E-state index contributed by atoms with van der Waals surface area (Å²) >= 11 is 1.57. The van der Waals surface area contributed by atoms with Crippen LogP contribution in [0.15, 0.2) is 53.4 Å². The van der Waals surface area contributed by atoms with Gasteiger partial charge in [0.05, 0.1) is 25.9 Å². The van der Waals surface area contributed by atoms with E-state index in [-0.39, 0.29) is 24.9 Å². The molecule has 0 aliphatic carbocycles. The van der Waals surface area contributed by atoms with Gasteiger partial charge >= 0.3 is 0 Å². The minimum absolute atomic E-state index is 0.106. The van der Waals surface area contributed by atoms with E-state index in [0.717, 1.165) is 10.6 Å². The van der Waals surface area contributed by atoms with Crippen LogP contribution < -0.4 is 15.4 Å². The summed E-state index contributed by atoms with van der Waals surface area (Å²) in [5.41, 5.74) is 1.43. The van der Waals surface area contributed by atoms with E-state index < -0.39 is 0 Å². The first kappa shape index (κ1) is 19.8. The average Bonchev–Trinajstić information content (AvgIpc) is 2.61. The molecule has 0 atom stereocenters. The van der Waals surface area contributed by atoms with Gasteiger partial charge in [0.2, 0.25) is 11.8 Å². The highest BCUT2D eigenvalue weighted by atomic mass is 32.2. The third-order valence-corrected chi connectivity index (χ3v) is 4.36. The molecule has 0 saturated carbocycles. The van der Waals surface area contributed by atoms with Crippen molar-refractivity contribution in [1.29, 1.82) is 0 Å². The van der Waals surface area contributed by atoms with Gasteiger partial charge in [0, 0.05) is 16.6 Å². The van der Waals surface area contributed by atoms with Crippen LogP contribution in [0.3, 0.4) is 0 Å². The maximum Gasteiger partial charge on any atom is 0.238 e. The third kappa shape index (κ3) is 6.09. The molecule has 26 heavy (non-hydrogen) atoms. The lowest BCUT2D eigenvalue weighted by molar-refractivity contribution is -0.119. The van der Waals surface area contributed by atoms with Crippen LogP contribution in [0.2, 0.25) is 0 Å². The standard InChI is InChI=1S/C19H23N3O3S/c1-22(12-18(23)20-14-7-6-8-15(11-14)25-2)13-19(24)21-16-9-4-5-10-17(16)26-3/h4-11H,12-13H2,1-3H3,(H,20,23)(H,21,24). The van der Waals surface area contributed by atoms with Crippen molar-refractivity contribution in [2.24, 2.45) is 0 Å². The second-order valence-corrected chi connectivity index (χ2v) is 6.55. The summed E-state index contributed by atoms with van der Waals surface area (Å²) in [6, 6.07) is 14.7. The second kappa shape index (κ2) is 9.84. The Kier molecular flexibility index (Phi) is 7.50. The lowest BCUT2D eigenvalue weighted by Gasteiger charge is -2.17. The fraction of sp³-hybridized carbons (Fsp3) is 0.263. The summed E-state index contributed by atoms with van der Waals surface area (Å²) in [5.74, 6) is 0.309. The van der Waals surface area contributed by atoms with Crippen molar-refractivity contribution in [3.05, 3.63) is 48.5 Å². The highest BCUT2D eigenvalue weighted by Gasteiger charge is 2.12. The van der Waals surface area contributed by atoms with E-state index in [0.29, 0.717) is 11.4 Å². The smallest absolute Gasteiger partial charge is 0.238 e. The molecular weight excluding hydrogens is 350 g/mol. The van der Waals surface area contributed by atoms with Crippen molar-refractivity contribution in [1.82, 2.24) is 4.90 Å². The highest BCUT2D eigenvalue weighted by molar-refractivity contribution is 7.98. The largest absolute Gasteiger partial charge is 0.497 e. The first-order chi connectivity index (χ1) is 12.5. The zero-order valence-electron chi connectivity index (χ0n) is 15.1. The molecule has 0 unspecified atom stereocenters. The molecule has 0 saturated heterocycles. The molecule has 7 heteroatoms. The number of hydrogen-bond acceptors (Lipinski definition) is 5. The van der Waals surface area contributed by atoms with Gasteiger partial charge in [-0.3, -0.25) is 14.5 Å². The second-order valence-electron chi connectivity index (χ2n) is 5.70. The molecule has 2 amide bonds. The number of anilines is 2. The van der Waals surface area contributed by atoms with E-state index >= 15 is 0 Å². The van der Waals surface area contributed by atoms with E-state index in [1.54, 1.807) is 55.1 Å². The Morgan fingerprint density at radius 2 is 1.73 bits per heavy atom. The molecule has 0 fully saturated rings. The predicted octanol–water partition coefficient (Wildman–Crippen LogP) is 2.93. The van der Waals surface area contributed by atoms with Crippen molar-refractivity contribution in [3.8, 4) is 5.75 Å². The van der Waals surface area contributed by atoms with Crippen LogP contribution in [0.1, 0.15) is 0 Å². The molecule has 2 aromatic rings. The molecule has 0 aliphatic rings. The maximum atomic E-state index is 12.2. The lowest BCUT2D eigenvalue weighted by atomic mass is 10.3. The van der Waals surface area contributed by atoms with E-state index in [1.807, 2.05) is 30.5 Å². The number of ether oxygens (including phenoxy) is 1. The molecule has 2 aromatic carbocycles. The number of hydrogen-bond donors (Lipinski definition) is 2. The number of para-hydroxylation sites is 1. The SMILES string of the molecule is COc1cccc(NC(=O)CN(C)CC(=O)Nc2ccccc2SC)c1. The van der Waals surface area contributed by atoms with Crippen molar-refractivity contribution in [3.63, 3.8) is 0 Å². The molecule has 0 bridgehead atoms. The molecule has 0 aromatic heterocycles. The Hall–Kier alpha value is -2.51. The van der Waals surface area contributed by atoms with Crippen molar-refractivity contribution >= 4 is 35.0 Å². The van der Waals surface area contributed by atoms with Crippen LogP contribution in [-0.2, 0) is 9.59 Å². The van der Waals surface area contributed by atoms with Crippen LogP contribution in [0.5, 0.6) is 5.75 Å². The third-order valence-electron chi connectivity index (χ3n) is 3.56. The van der Waals surface area contributed by atoms with Crippen LogP contribution >= 0.6 is 11.8 Å². The molecular formula is C19H23N3O3S. The zero-order chi connectivity index (χ0) is 18.9. The quantitative estimate of drug-likeness (QED) is 0.696. The summed E-state index contributed by atoms with van der Waals surface area (Å²) in [4.78, 5) is 27.0. The Balaban J connectivity index is 1.84. The van der Waals surface area contributed by atoms with Gasteiger partial charge < -0.3 is 15.4 Å². The van der Waals surface area contributed by atoms with Crippen molar-refractivity contribution in [2.45, 2.75) is 4.90 Å². The number of methoxy groups -OCH3 is 1. The number of amides is 2. The number of likely N-dealkylation sites (N-methyl/N-ethyl adjacent to an activating group) is 1. The fourth-order valence-electron chi connectivity index (χ4n) is 2.39. The van der Waals surface area contributed by atoms with Gasteiger partial charge in [-0.2, -0.15) is 0 Å². The molecule has 0 radical (unpaired) electrons. The number of benzene rings is 2. The van der Waals surface area contributed by atoms with Crippen LogP contribution in [0, 0.1) is 0 Å². The molecule has 2 rings (SSSR count). The molecule has 138 valence electrons. The number of nitrogens with one attached hydrogen (secondary N) is 2. The molecule has 6 nitrogen and oxygen atoms in total. The van der Waals surface area contributed by atoms with Crippen LogP contribution in [-0.4, -0.2) is 50.2 Å². The Morgan fingerprint density at radius 3 is 2.42 bits per heavy atom. The van der Waals surface area contributed by atoms with Crippen LogP contribution in [0.25, 0.3) is 0 Å². The van der Waals surface area contributed by atoms with Gasteiger partial charge in [-0.05, 0) is 37.6 Å². The van der Waals surface area contributed by atoms with Gasteiger partial charge in [0.15, 0.2) is 0 Å². The van der Waals surface area contributed by atoms with Gasteiger partial charge in [-0.25, -0.2) is 0 Å². The number of rotatable bonds is 8. The predicted molar refractivity (Wildman–Crippen MR) is 106 cm³/mol. The van der Waals surface area contributed by atoms with E-state index in [4.69, 9.17) is 4.74 Å². The summed E-state index contributed by atoms with van der Waals surface area (Å²) in [6.07, 6.45) is 1.96. The Bertz CT molecular complexity index is 767. The monoisotopic (exact) mass is 373 g/mol. The van der Waals surface area contributed by atoms with E-state index in [2.05, 4.69) is 10.6 Å². The zero-order valence-corrected chi connectivity index (χ0v) is 15.9. The van der Waals surface area contributed by atoms with E-state index in [9.17, 15) is 9.59 Å². The minimum Gasteiger partial charge on any atom is -0.497 e. The normalized spacial score (nSPS) is 10.5. The summed E-state index contributed by atoms with van der Waals surface area (Å²) < 4.78 is 5.13. The lowest BCUT2D eigenvalue weighted by Crippen LogP contribution is -2.36. The number of carbonyl (C=O) groups excluding carboxylic acids is 2. The van der Waals surface area contributed by atoms with Gasteiger partial charge in [0.25, 0.3) is 0 Å². The Labute approximate surface area is 157 Å². The number of nitrogens with zero attached hydrogens (tertiary/aromatic N) is 1. The highest BCUT2D eigenvalue weighted by Crippen LogP contribution is 2.24. The molecule has 0 aliphatic heterocycles. The summed E-state index contributed by atoms with van der Waals surface area (Å²) in [5, 5.41) is 5.67. The van der Waals surface area contributed by atoms with Crippen molar-refractivity contribution < 1.29 is 14.3 Å².